The highest BCUT2D eigenvalue weighted by molar-refractivity contribution is 5.89. The molecule has 0 radical (unpaired) electrons. The van der Waals surface area contributed by atoms with E-state index in [0.717, 1.165) is 27.5 Å². The number of hydrogen-bond acceptors (Lipinski definition) is 5. The minimum absolute atomic E-state index is 0.0368. The molecule has 2 aromatic carbocycles. The molecule has 1 aliphatic heterocycles. The highest BCUT2D eigenvalue weighted by Gasteiger charge is 2.16. The first kappa shape index (κ1) is 18.7. The third-order valence-corrected chi connectivity index (χ3v) is 4.27. The number of quaternary nitrogens is 1. The van der Waals surface area contributed by atoms with Gasteiger partial charge in [0.05, 0.1) is 19.7 Å². The highest BCUT2D eigenvalue weighted by Crippen LogP contribution is 2.32. The zero-order valence-electron chi connectivity index (χ0n) is 15.4. The maximum atomic E-state index is 12.2. The fourth-order valence-corrected chi connectivity index (χ4v) is 2.88. The van der Waals surface area contributed by atoms with Crippen molar-refractivity contribution in [3.63, 3.8) is 0 Å². The SMILES string of the molecule is COC(=O)c1ccc(CNC(=O)C[NH+](C)Cc2ccc3c(c2)OCO3)cc1. The lowest BCUT2D eigenvalue weighted by Gasteiger charge is -2.14. The predicted molar refractivity (Wildman–Crippen MR) is 97.7 cm³/mol. The largest absolute Gasteiger partial charge is 0.465 e. The molecule has 7 nitrogen and oxygen atoms in total. The van der Waals surface area contributed by atoms with Gasteiger partial charge in [-0.05, 0) is 35.9 Å². The Hall–Kier alpha value is -3.06. The molecule has 0 aliphatic carbocycles. The van der Waals surface area contributed by atoms with Crippen LogP contribution in [0, 0.1) is 0 Å². The van der Waals surface area contributed by atoms with Crippen molar-refractivity contribution in [3.8, 4) is 11.5 Å². The first-order chi connectivity index (χ1) is 13.0. The van der Waals surface area contributed by atoms with E-state index in [1.165, 1.54) is 7.11 Å². The van der Waals surface area contributed by atoms with Gasteiger partial charge in [0.25, 0.3) is 5.91 Å². The number of ether oxygens (including phenoxy) is 3. The summed E-state index contributed by atoms with van der Waals surface area (Å²) >= 11 is 0. The van der Waals surface area contributed by atoms with Crippen LogP contribution in [0.2, 0.25) is 0 Å². The number of likely N-dealkylation sites (N-methyl/N-ethyl adjacent to an activating group) is 1. The number of benzene rings is 2. The normalized spacial score (nSPS) is 13.1. The van der Waals surface area contributed by atoms with Crippen LogP contribution in [-0.2, 0) is 22.6 Å². The zero-order chi connectivity index (χ0) is 19.2. The summed E-state index contributed by atoms with van der Waals surface area (Å²) < 4.78 is 15.4. The Kier molecular flexibility index (Phi) is 5.93. The lowest BCUT2D eigenvalue weighted by atomic mass is 10.1. The van der Waals surface area contributed by atoms with Gasteiger partial charge in [-0.2, -0.15) is 0 Å². The molecule has 0 saturated heterocycles. The van der Waals surface area contributed by atoms with Crippen molar-refractivity contribution in [3.05, 3.63) is 59.2 Å². The third-order valence-electron chi connectivity index (χ3n) is 4.27. The molecule has 2 aromatic rings. The summed E-state index contributed by atoms with van der Waals surface area (Å²) in [4.78, 5) is 24.7. The zero-order valence-corrected chi connectivity index (χ0v) is 15.4. The van der Waals surface area contributed by atoms with Crippen molar-refractivity contribution >= 4 is 11.9 Å². The van der Waals surface area contributed by atoms with Gasteiger partial charge in [0.2, 0.25) is 6.79 Å². The van der Waals surface area contributed by atoms with E-state index >= 15 is 0 Å². The molecule has 3 rings (SSSR count). The number of methoxy groups -OCH3 is 1. The maximum Gasteiger partial charge on any atom is 0.337 e. The molecular weight excluding hydrogens is 348 g/mol. The van der Waals surface area contributed by atoms with E-state index in [0.29, 0.717) is 25.2 Å². The maximum absolute atomic E-state index is 12.2. The van der Waals surface area contributed by atoms with Gasteiger partial charge in [-0.25, -0.2) is 4.79 Å². The van der Waals surface area contributed by atoms with Crippen LogP contribution in [0.1, 0.15) is 21.5 Å². The van der Waals surface area contributed by atoms with Gasteiger partial charge in [-0.15, -0.1) is 0 Å². The topological polar surface area (TPSA) is 78.3 Å². The van der Waals surface area contributed by atoms with Crippen LogP contribution in [0.3, 0.4) is 0 Å². The van der Waals surface area contributed by atoms with E-state index in [9.17, 15) is 9.59 Å². The number of fused-ring (bicyclic) bond motifs is 1. The Morgan fingerprint density at radius 1 is 1.07 bits per heavy atom. The second kappa shape index (κ2) is 8.55. The van der Waals surface area contributed by atoms with Crippen molar-refractivity contribution in [2.75, 3.05) is 27.5 Å². The van der Waals surface area contributed by atoms with Crippen LogP contribution in [0.5, 0.6) is 11.5 Å². The molecule has 0 aromatic heterocycles. The summed E-state index contributed by atoms with van der Waals surface area (Å²) in [5, 5.41) is 2.90. The number of nitrogens with one attached hydrogen (secondary N) is 2. The second-order valence-electron chi connectivity index (χ2n) is 6.46. The van der Waals surface area contributed by atoms with E-state index in [2.05, 4.69) is 10.1 Å². The minimum Gasteiger partial charge on any atom is -0.465 e. The lowest BCUT2D eigenvalue weighted by Crippen LogP contribution is -3.08. The molecule has 2 N–H and O–H groups in total. The van der Waals surface area contributed by atoms with Gasteiger partial charge in [0.15, 0.2) is 18.0 Å². The van der Waals surface area contributed by atoms with Crippen LogP contribution in [0.4, 0.5) is 0 Å². The minimum atomic E-state index is -0.376. The second-order valence-corrected chi connectivity index (χ2v) is 6.46. The third kappa shape index (κ3) is 4.98. The fraction of sp³-hybridized carbons (Fsp3) is 0.300. The van der Waals surface area contributed by atoms with Crippen molar-refractivity contribution in [2.24, 2.45) is 0 Å². The molecule has 0 fully saturated rings. The van der Waals surface area contributed by atoms with Gasteiger partial charge < -0.3 is 24.4 Å². The predicted octanol–water partition coefficient (Wildman–Crippen LogP) is 0.533. The summed E-state index contributed by atoms with van der Waals surface area (Å²) in [6.07, 6.45) is 0. The number of hydrogen-bond donors (Lipinski definition) is 2. The van der Waals surface area contributed by atoms with E-state index in [4.69, 9.17) is 9.47 Å². The summed E-state index contributed by atoms with van der Waals surface area (Å²) in [6, 6.07) is 12.8. The van der Waals surface area contributed by atoms with Gasteiger partial charge in [0, 0.05) is 12.1 Å². The van der Waals surface area contributed by atoms with Crippen molar-refractivity contribution < 1.29 is 28.7 Å². The van der Waals surface area contributed by atoms with E-state index in [1.54, 1.807) is 24.3 Å². The molecule has 1 unspecified atom stereocenters. The van der Waals surface area contributed by atoms with E-state index in [1.807, 2.05) is 25.2 Å². The molecule has 0 saturated carbocycles. The Labute approximate surface area is 157 Å². The quantitative estimate of drug-likeness (QED) is 0.695. The van der Waals surface area contributed by atoms with Crippen LogP contribution in [0.15, 0.2) is 42.5 Å². The van der Waals surface area contributed by atoms with Crippen molar-refractivity contribution in [1.29, 1.82) is 0 Å². The van der Waals surface area contributed by atoms with Crippen molar-refractivity contribution in [2.45, 2.75) is 13.1 Å². The first-order valence-corrected chi connectivity index (χ1v) is 8.69. The fourth-order valence-electron chi connectivity index (χ4n) is 2.88. The Morgan fingerprint density at radius 2 is 1.78 bits per heavy atom. The molecule has 0 spiro atoms. The smallest absolute Gasteiger partial charge is 0.337 e. The molecule has 1 heterocycles. The summed E-state index contributed by atoms with van der Waals surface area (Å²) in [6.45, 7) is 1.73. The van der Waals surface area contributed by atoms with Crippen molar-refractivity contribution in [1.82, 2.24) is 5.32 Å². The number of esters is 1. The summed E-state index contributed by atoms with van der Waals surface area (Å²) in [5.41, 5.74) is 2.49. The van der Waals surface area contributed by atoms with Crippen LogP contribution < -0.4 is 19.7 Å². The molecule has 1 amide bonds. The van der Waals surface area contributed by atoms with Gasteiger partial charge in [0.1, 0.15) is 6.54 Å². The monoisotopic (exact) mass is 371 g/mol. The molecule has 142 valence electrons. The molecule has 1 atom stereocenters. The average molecular weight is 371 g/mol. The van der Waals surface area contributed by atoms with Gasteiger partial charge in [-0.1, -0.05) is 12.1 Å². The number of amides is 1. The Balaban J connectivity index is 1.45. The first-order valence-electron chi connectivity index (χ1n) is 8.69. The molecule has 27 heavy (non-hydrogen) atoms. The lowest BCUT2D eigenvalue weighted by molar-refractivity contribution is -0.885. The average Bonchev–Trinajstić information content (AvgIpc) is 3.14. The standard InChI is InChI=1S/C20H22N2O5/c1-22(11-15-5-8-17-18(9-15)27-13-26-17)12-19(23)21-10-14-3-6-16(7-4-14)20(24)25-2/h3-9H,10-13H2,1-2H3,(H,21,23)/p+1. The Bertz CT molecular complexity index is 820. The van der Waals surface area contributed by atoms with Gasteiger partial charge in [-0.3, -0.25) is 4.79 Å². The molecular formula is C20H23N2O5+. The highest BCUT2D eigenvalue weighted by atomic mass is 16.7. The summed E-state index contributed by atoms with van der Waals surface area (Å²) in [5.74, 6) is 1.09. The molecule has 1 aliphatic rings. The van der Waals surface area contributed by atoms with E-state index in [-0.39, 0.29) is 18.7 Å². The number of rotatable bonds is 7. The van der Waals surface area contributed by atoms with Crippen LogP contribution in [0.25, 0.3) is 0 Å². The van der Waals surface area contributed by atoms with Crippen LogP contribution in [-0.4, -0.2) is 39.4 Å². The van der Waals surface area contributed by atoms with E-state index < -0.39 is 0 Å². The van der Waals surface area contributed by atoms with Crippen LogP contribution >= 0.6 is 0 Å². The molecule has 7 heteroatoms. The summed E-state index contributed by atoms with van der Waals surface area (Å²) in [7, 11) is 3.31. The number of carbonyl (C=O) groups is 2. The molecule has 0 bridgehead atoms. The Morgan fingerprint density at radius 3 is 2.52 bits per heavy atom. The van der Waals surface area contributed by atoms with Gasteiger partial charge >= 0.3 is 5.97 Å². The number of carbonyl (C=O) groups excluding carboxylic acids is 2.